The third kappa shape index (κ3) is 2.77. The van der Waals surface area contributed by atoms with Crippen molar-refractivity contribution >= 4 is 0 Å². The highest BCUT2D eigenvalue weighted by molar-refractivity contribution is 5.71. The van der Waals surface area contributed by atoms with E-state index in [1.54, 1.807) is 24.3 Å². The summed E-state index contributed by atoms with van der Waals surface area (Å²) in [7, 11) is 0. The van der Waals surface area contributed by atoms with E-state index < -0.39 is 17.7 Å². The first-order valence-electron chi connectivity index (χ1n) is 8.29. The molecule has 2 heterocycles. The van der Waals surface area contributed by atoms with Gasteiger partial charge in [-0.1, -0.05) is 48.5 Å². The molecule has 8 heteroatoms. The van der Waals surface area contributed by atoms with Crippen molar-refractivity contribution in [3.8, 4) is 23.2 Å². The highest BCUT2D eigenvalue weighted by Crippen LogP contribution is 2.48. The lowest BCUT2D eigenvalue weighted by atomic mass is 9.81. The molecule has 0 amide bonds. The van der Waals surface area contributed by atoms with Crippen molar-refractivity contribution in [1.29, 1.82) is 5.26 Å². The van der Waals surface area contributed by atoms with Crippen molar-refractivity contribution in [3.05, 3.63) is 82.7 Å². The van der Waals surface area contributed by atoms with Gasteiger partial charge in [0.25, 0.3) is 0 Å². The van der Waals surface area contributed by atoms with Crippen LogP contribution in [0, 0.1) is 11.3 Å². The Bertz CT molecular complexity index is 1110. The van der Waals surface area contributed by atoms with E-state index in [0.717, 1.165) is 6.07 Å². The lowest BCUT2D eigenvalue weighted by Gasteiger charge is -2.26. The Morgan fingerprint density at radius 3 is 2.43 bits per heavy atom. The predicted octanol–water partition coefficient (Wildman–Crippen LogP) is 4.31. The van der Waals surface area contributed by atoms with Gasteiger partial charge in [0.15, 0.2) is 0 Å². The lowest BCUT2D eigenvalue weighted by molar-refractivity contribution is -0.138. The summed E-state index contributed by atoms with van der Waals surface area (Å²) in [6, 6.07) is 16.0. The predicted molar refractivity (Wildman–Crippen MR) is 94.8 cm³/mol. The van der Waals surface area contributed by atoms with Crippen LogP contribution in [-0.4, -0.2) is 10.2 Å². The molecule has 1 aliphatic heterocycles. The van der Waals surface area contributed by atoms with E-state index in [0.29, 0.717) is 16.8 Å². The van der Waals surface area contributed by atoms with Gasteiger partial charge < -0.3 is 10.5 Å². The molecule has 0 bridgehead atoms. The van der Waals surface area contributed by atoms with Gasteiger partial charge in [0, 0.05) is 0 Å². The molecule has 2 aromatic carbocycles. The van der Waals surface area contributed by atoms with Crippen molar-refractivity contribution in [2.75, 3.05) is 0 Å². The van der Waals surface area contributed by atoms with Crippen LogP contribution in [-0.2, 0) is 6.18 Å². The number of allylic oxidation sites excluding steroid dienone is 1. The number of fused-ring (bicyclic) bond motifs is 1. The van der Waals surface area contributed by atoms with Crippen LogP contribution in [0.2, 0.25) is 0 Å². The van der Waals surface area contributed by atoms with E-state index in [2.05, 4.69) is 10.2 Å². The number of ether oxygens (including phenoxy) is 1. The summed E-state index contributed by atoms with van der Waals surface area (Å²) in [6.45, 7) is 0. The maximum Gasteiger partial charge on any atom is 0.416 e. The Balaban J connectivity index is 2.01. The number of nitrogens with one attached hydrogen (secondary N) is 1. The number of halogens is 3. The first-order valence-corrected chi connectivity index (χ1v) is 8.29. The zero-order valence-electron chi connectivity index (χ0n) is 14.3. The van der Waals surface area contributed by atoms with E-state index in [1.165, 1.54) is 18.2 Å². The molecule has 3 aromatic rings. The molecule has 5 nitrogen and oxygen atoms in total. The quantitative estimate of drug-likeness (QED) is 0.691. The monoisotopic (exact) mass is 382 g/mol. The van der Waals surface area contributed by atoms with Gasteiger partial charge in [0.05, 0.1) is 22.7 Å². The molecular formula is C20H13F3N4O. The smallest absolute Gasteiger partial charge is 0.416 e. The maximum absolute atomic E-state index is 13.7. The van der Waals surface area contributed by atoms with Crippen molar-refractivity contribution in [2.24, 2.45) is 5.73 Å². The van der Waals surface area contributed by atoms with Gasteiger partial charge in [0.1, 0.15) is 11.6 Å². The Kier molecular flexibility index (Phi) is 4.08. The summed E-state index contributed by atoms with van der Waals surface area (Å²) >= 11 is 0. The number of rotatable bonds is 2. The molecule has 1 atom stereocenters. The van der Waals surface area contributed by atoms with Crippen LogP contribution in [0.1, 0.15) is 22.6 Å². The molecule has 1 aliphatic rings. The number of nitrogens with zero attached hydrogens (tertiary/aromatic N) is 2. The van der Waals surface area contributed by atoms with E-state index in [9.17, 15) is 18.4 Å². The van der Waals surface area contributed by atoms with Crippen LogP contribution >= 0.6 is 0 Å². The van der Waals surface area contributed by atoms with Crippen molar-refractivity contribution in [2.45, 2.75) is 12.1 Å². The average molecular weight is 382 g/mol. The van der Waals surface area contributed by atoms with Crippen molar-refractivity contribution in [1.82, 2.24) is 10.2 Å². The van der Waals surface area contributed by atoms with Gasteiger partial charge in [-0.2, -0.15) is 18.4 Å². The molecule has 28 heavy (non-hydrogen) atoms. The van der Waals surface area contributed by atoms with Crippen LogP contribution in [0.5, 0.6) is 5.88 Å². The zero-order valence-corrected chi connectivity index (χ0v) is 14.3. The lowest BCUT2D eigenvalue weighted by Crippen LogP contribution is -2.23. The largest absolute Gasteiger partial charge is 0.420 e. The Hall–Kier alpha value is -3.73. The van der Waals surface area contributed by atoms with Crippen LogP contribution < -0.4 is 10.5 Å². The van der Waals surface area contributed by atoms with Crippen LogP contribution in [0.15, 0.2) is 66.1 Å². The summed E-state index contributed by atoms with van der Waals surface area (Å²) in [5.41, 5.74) is 6.33. The summed E-state index contributed by atoms with van der Waals surface area (Å²) in [6.07, 6.45) is -4.60. The van der Waals surface area contributed by atoms with E-state index in [4.69, 9.17) is 10.5 Å². The number of nitrogens with two attached hydrogens (primary N) is 1. The maximum atomic E-state index is 13.7. The fraction of sp³-hybridized carbons (Fsp3) is 0.100. The number of H-pyrrole nitrogens is 1. The van der Waals surface area contributed by atoms with Crippen LogP contribution in [0.4, 0.5) is 13.2 Å². The molecule has 1 unspecified atom stereocenters. The SMILES string of the molecule is N#CC1=C(N)Oc2n[nH]c(-c3ccccc3)c2C1c1ccccc1C(F)(F)F. The second-order valence-corrected chi connectivity index (χ2v) is 6.19. The molecule has 0 radical (unpaired) electrons. The topological polar surface area (TPSA) is 87.7 Å². The number of benzene rings is 2. The minimum atomic E-state index is -4.60. The van der Waals surface area contributed by atoms with Gasteiger partial charge in [-0.05, 0) is 17.2 Å². The average Bonchev–Trinajstić information content (AvgIpc) is 3.10. The fourth-order valence-electron chi connectivity index (χ4n) is 3.39. The highest BCUT2D eigenvalue weighted by atomic mass is 19.4. The van der Waals surface area contributed by atoms with Gasteiger partial charge in [-0.25, -0.2) is 0 Å². The van der Waals surface area contributed by atoms with Gasteiger partial charge in [-0.15, -0.1) is 5.10 Å². The zero-order chi connectivity index (χ0) is 19.9. The third-order valence-corrected chi connectivity index (χ3v) is 4.58. The van der Waals surface area contributed by atoms with Crippen LogP contribution in [0.25, 0.3) is 11.3 Å². The second kappa shape index (κ2) is 6.46. The van der Waals surface area contributed by atoms with Gasteiger partial charge in [-0.3, -0.25) is 5.10 Å². The molecule has 140 valence electrons. The summed E-state index contributed by atoms with van der Waals surface area (Å²) in [5, 5.41) is 16.5. The number of alkyl halides is 3. The van der Waals surface area contributed by atoms with Gasteiger partial charge >= 0.3 is 6.18 Å². The Morgan fingerprint density at radius 2 is 1.75 bits per heavy atom. The normalized spacial score (nSPS) is 16.3. The molecular weight excluding hydrogens is 369 g/mol. The highest BCUT2D eigenvalue weighted by Gasteiger charge is 2.41. The minimum Gasteiger partial charge on any atom is -0.420 e. The van der Waals surface area contributed by atoms with E-state index >= 15 is 0 Å². The summed E-state index contributed by atoms with van der Waals surface area (Å²) in [5.74, 6) is -1.28. The Labute approximate surface area is 157 Å². The number of hydrogen-bond acceptors (Lipinski definition) is 4. The molecule has 4 rings (SSSR count). The van der Waals surface area contributed by atoms with E-state index in [1.807, 2.05) is 12.1 Å². The van der Waals surface area contributed by atoms with Crippen LogP contribution in [0.3, 0.4) is 0 Å². The number of nitriles is 1. The standard InChI is InChI=1S/C20H13F3N4O/c21-20(22,23)14-9-5-4-8-12(14)15-13(10-24)18(25)28-19-16(15)17(26-27-19)11-6-2-1-3-7-11/h1-9,15H,25H2,(H,26,27). The van der Waals surface area contributed by atoms with E-state index in [-0.39, 0.29) is 22.9 Å². The molecule has 0 aliphatic carbocycles. The number of hydrogen-bond donors (Lipinski definition) is 2. The van der Waals surface area contributed by atoms with Crippen molar-refractivity contribution < 1.29 is 17.9 Å². The van der Waals surface area contributed by atoms with Crippen molar-refractivity contribution in [3.63, 3.8) is 0 Å². The third-order valence-electron chi connectivity index (χ3n) is 4.58. The van der Waals surface area contributed by atoms with Gasteiger partial charge in [0.2, 0.25) is 11.8 Å². The summed E-state index contributed by atoms with van der Waals surface area (Å²) in [4.78, 5) is 0. The first kappa shape index (κ1) is 17.7. The number of aromatic nitrogens is 2. The first-order chi connectivity index (χ1) is 13.4. The minimum absolute atomic E-state index is 0.0531. The molecule has 0 fully saturated rings. The molecule has 0 spiro atoms. The molecule has 0 saturated heterocycles. The molecule has 1 aromatic heterocycles. The Morgan fingerprint density at radius 1 is 1.07 bits per heavy atom. The second-order valence-electron chi connectivity index (χ2n) is 6.19. The molecule has 3 N–H and O–H groups in total. The molecule has 0 saturated carbocycles. The number of aromatic amines is 1. The summed E-state index contributed by atoms with van der Waals surface area (Å²) < 4.78 is 46.4. The fourth-order valence-corrected chi connectivity index (χ4v) is 3.39.